The largest absolute Gasteiger partial charge is 0.454 e. The summed E-state index contributed by atoms with van der Waals surface area (Å²) in [6, 6.07) is 14.5. The lowest BCUT2D eigenvalue weighted by atomic mass is 10.1. The number of unbranched alkanes of at least 4 members (excludes halogenated alkanes) is 8. The van der Waals surface area contributed by atoms with E-state index in [2.05, 4.69) is 59.2 Å². The molecule has 3 aromatic rings. The molecule has 1 aromatic heterocycles. The quantitative estimate of drug-likeness (QED) is 0.210. The highest BCUT2D eigenvalue weighted by Crippen LogP contribution is 2.35. The van der Waals surface area contributed by atoms with Crippen molar-refractivity contribution in [2.75, 3.05) is 18.2 Å². The maximum absolute atomic E-state index is 5.54. The van der Waals surface area contributed by atoms with Crippen LogP contribution in [0.5, 0.6) is 11.5 Å². The molecule has 1 aliphatic heterocycles. The summed E-state index contributed by atoms with van der Waals surface area (Å²) in [5.41, 5.74) is 3.31. The van der Waals surface area contributed by atoms with Crippen LogP contribution < -0.4 is 14.4 Å². The van der Waals surface area contributed by atoms with Crippen molar-refractivity contribution < 1.29 is 14.0 Å². The van der Waals surface area contributed by atoms with Crippen LogP contribution in [-0.2, 0) is 13.0 Å². The van der Waals surface area contributed by atoms with Crippen LogP contribution in [-0.4, -0.2) is 23.5 Å². The SMILES string of the molecule is CCCCCCCCCCCc1noc(-c2ccc(CN(CC)c3ccc4c(c3)OCO4)cc2)n1. The lowest BCUT2D eigenvalue weighted by Crippen LogP contribution is -2.21. The van der Waals surface area contributed by atoms with Crippen molar-refractivity contribution in [3.05, 3.63) is 53.9 Å². The highest BCUT2D eigenvalue weighted by Gasteiger charge is 2.16. The van der Waals surface area contributed by atoms with E-state index in [1.54, 1.807) is 0 Å². The maximum atomic E-state index is 5.54. The molecule has 35 heavy (non-hydrogen) atoms. The number of aryl methyl sites for hydroxylation is 1. The maximum Gasteiger partial charge on any atom is 0.257 e. The van der Waals surface area contributed by atoms with Gasteiger partial charge in [0.15, 0.2) is 17.3 Å². The lowest BCUT2D eigenvalue weighted by Gasteiger charge is -2.23. The van der Waals surface area contributed by atoms with Gasteiger partial charge in [-0.15, -0.1) is 0 Å². The average Bonchev–Trinajstić information content (AvgIpc) is 3.56. The van der Waals surface area contributed by atoms with E-state index in [0.29, 0.717) is 12.7 Å². The molecule has 0 atom stereocenters. The minimum atomic E-state index is 0.295. The van der Waals surface area contributed by atoms with Gasteiger partial charge < -0.3 is 18.9 Å². The van der Waals surface area contributed by atoms with Gasteiger partial charge >= 0.3 is 0 Å². The summed E-state index contributed by atoms with van der Waals surface area (Å²) in [6.45, 7) is 6.43. The van der Waals surface area contributed by atoms with Crippen molar-refractivity contribution in [1.82, 2.24) is 10.1 Å². The summed E-state index contributed by atoms with van der Waals surface area (Å²) in [4.78, 5) is 6.93. The van der Waals surface area contributed by atoms with Crippen LogP contribution in [0.4, 0.5) is 5.69 Å². The van der Waals surface area contributed by atoms with E-state index >= 15 is 0 Å². The lowest BCUT2D eigenvalue weighted by molar-refractivity contribution is 0.174. The molecule has 0 bridgehead atoms. The van der Waals surface area contributed by atoms with E-state index in [0.717, 1.165) is 54.5 Å². The minimum Gasteiger partial charge on any atom is -0.454 e. The third-order valence-corrected chi connectivity index (χ3v) is 6.65. The zero-order valence-electron chi connectivity index (χ0n) is 21.3. The fourth-order valence-corrected chi connectivity index (χ4v) is 4.51. The van der Waals surface area contributed by atoms with Gasteiger partial charge in [0.1, 0.15) is 0 Å². The molecule has 0 saturated heterocycles. The van der Waals surface area contributed by atoms with E-state index in [1.807, 2.05) is 12.1 Å². The second-order valence-corrected chi connectivity index (χ2v) is 9.34. The van der Waals surface area contributed by atoms with E-state index in [1.165, 1.54) is 56.9 Å². The average molecular weight is 478 g/mol. The molecular formula is C29H39N3O3. The number of ether oxygens (including phenoxy) is 2. The molecule has 0 amide bonds. The second-order valence-electron chi connectivity index (χ2n) is 9.34. The van der Waals surface area contributed by atoms with Gasteiger partial charge in [0.2, 0.25) is 6.79 Å². The monoisotopic (exact) mass is 477 g/mol. The zero-order chi connectivity index (χ0) is 24.3. The van der Waals surface area contributed by atoms with Gasteiger partial charge in [0, 0.05) is 36.8 Å². The van der Waals surface area contributed by atoms with Gasteiger partial charge in [0.05, 0.1) is 0 Å². The highest BCUT2D eigenvalue weighted by molar-refractivity contribution is 5.58. The third kappa shape index (κ3) is 7.23. The Morgan fingerprint density at radius 1 is 0.800 bits per heavy atom. The molecule has 0 N–H and O–H groups in total. The van der Waals surface area contributed by atoms with E-state index in [9.17, 15) is 0 Å². The molecule has 0 aliphatic carbocycles. The normalized spacial score (nSPS) is 12.3. The number of aromatic nitrogens is 2. The molecule has 2 heterocycles. The van der Waals surface area contributed by atoms with Crippen molar-refractivity contribution in [3.63, 3.8) is 0 Å². The zero-order valence-corrected chi connectivity index (χ0v) is 21.3. The van der Waals surface area contributed by atoms with E-state index in [4.69, 9.17) is 14.0 Å². The standard InChI is InChI=1S/C29H39N3O3/c1-3-5-6-7-8-9-10-11-12-13-28-30-29(35-31-28)24-16-14-23(15-17-24)21-32(4-2)25-18-19-26-27(20-25)34-22-33-26/h14-20H,3-13,21-22H2,1-2H3. The Bertz CT molecular complexity index is 1030. The number of benzene rings is 2. The number of fused-ring (bicyclic) bond motifs is 1. The molecule has 0 radical (unpaired) electrons. The molecule has 6 heteroatoms. The Morgan fingerprint density at radius 3 is 2.26 bits per heavy atom. The number of hydrogen-bond donors (Lipinski definition) is 0. The van der Waals surface area contributed by atoms with Crippen LogP contribution in [0, 0.1) is 0 Å². The second kappa shape index (κ2) is 13.2. The molecule has 0 unspecified atom stereocenters. The molecule has 2 aromatic carbocycles. The number of rotatable bonds is 15. The number of anilines is 1. The molecule has 6 nitrogen and oxygen atoms in total. The van der Waals surface area contributed by atoms with Gasteiger partial charge in [-0.1, -0.05) is 75.6 Å². The van der Waals surface area contributed by atoms with Crippen molar-refractivity contribution in [1.29, 1.82) is 0 Å². The van der Waals surface area contributed by atoms with Crippen molar-refractivity contribution in [2.45, 2.75) is 84.6 Å². The van der Waals surface area contributed by atoms with Crippen LogP contribution in [0.1, 0.15) is 83.0 Å². The Labute approximate surface area is 209 Å². The van der Waals surface area contributed by atoms with Crippen molar-refractivity contribution in [2.24, 2.45) is 0 Å². The van der Waals surface area contributed by atoms with Gasteiger partial charge in [0.25, 0.3) is 5.89 Å². The topological polar surface area (TPSA) is 60.6 Å². The summed E-state index contributed by atoms with van der Waals surface area (Å²) in [5, 5.41) is 4.20. The Morgan fingerprint density at radius 2 is 1.51 bits per heavy atom. The summed E-state index contributed by atoms with van der Waals surface area (Å²) in [6.07, 6.45) is 12.7. The number of nitrogens with zero attached hydrogens (tertiary/aromatic N) is 3. The first-order valence-corrected chi connectivity index (χ1v) is 13.3. The molecule has 0 spiro atoms. The Hall–Kier alpha value is -3.02. The van der Waals surface area contributed by atoms with Crippen LogP contribution in [0.2, 0.25) is 0 Å². The molecule has 0 fully saturated rings. The summed E-state index contributed by atoms with van der Waals surface area (Å²) in [7, 11) is 0. The van der Waals surface area contributed by atoms with E-state index in [-0.39, 0.29) is 0 Å². The predicted molar refractivity (Wildman–Crippen MR) is 140 cm³/mol. The van der Waals surface area contributed by atoms with Gasteiger partial charge in [-0.05, 0) is 43.2 Å². The van der Waals surface area contributed by atoms with E-state index < -0.39 is 0 Å². The first-order valence-electron chi connectivity index (χ1n) is 13.3. The van der Waals surface area contributed by atoms with Crippen LogP contribution in [0.25, 0.3) is 11.5 Å². The fraction of sp³-hybridized carbons (Fsp3) is 0.517. The first kappa shape index (κ1) is 25.1. The Kier molecular flexibility index (Phi) is 9.44. The van der Waals surface area contributed by atoms with Gasteiger partial charge in [-0.2, -0.15) is 4.98 Å². The van der Waals surface area contributed by atoms with Crippen LogP contribution in [0.3, 0.4) is 0 Å². The van der Waals surface area contributed by atoms with Crippen molar-refractivity contribution >= 4 is 5.69 Å². The molecule has 4 rings (SSSR count). The minimum absolute atomic E-state index is 0.295. The third-order valence-electron chi connectivity index (χ3n) is 6.65. The molecule has 0 saturated carbocycles. The van der Waals surface area contributed by atoms with Crippen LogP contribution in [0.15, 0.2) is 47.0 Å². The van der Waals surface area contributed by atoms with Crippen molar-refractivity contribution in [3.8, 4) is 23.0 Å². The van der Waals surface area contributed by atoms with Crippen LogP contribution >= 0.6 is 0 Å². The molecular weight excluding hydrogens is 438 g/mol. The van der Waals surface area contributed by atoms with Gasteiger partial charge in [-0.25, -0.2) is 0 Å². The molecule has 1 aliphatic rings. The molecule has 188 valence electrons. The smallest absolute Gasteiger partial charge is 0.257 e. The Balaban J connectivity index is 1.23. The first-order chi connectivity index (χ1) is 17.3. The number of hydrogen-bond acceptors (Lipinski definition) is 6. The summed E-state index contributed by atoms with van der Waals surface area (Å²) in [5.74, 6) is 3.04. The fourth-order valence-electron chi connectivity index (χ4n) is 4.51. The summed E-state index contributed by atoms with van der Waals surface area (Å²) < 4.78 is 16.5. The predicted octanol–water partition coefficient (Wildman–Crippen LogP) is 7.57. The summed E-state index contributed by atoms with van der Waals surface area (Å²) >= 11 is 0. The highest BCUT2D eigenvalue weighted by atomic mass is 16.7. The van der Waals surface area contributed by atoms with Gasteiger partial charge in [-0.3, -0.25) is 0 Å².